The molecule has 2 fully saturated rings. The van der Waals surface area contributed by atoms with E-state index in [1.54, 1.807) is 6.92 Å². The maximum absolute atomic E-state index is 14.1. The molecule has 1 spiro atoms. The first kappa shape index (κ1) is 17.7. The first-order valence-electron chi connectivity index (χ1n) is 8.39. The van der Waals surface area contributed by atoms with Gasteiger partial charge >= 0.3 is 0 Å². The van der Waals surface area contributed by atoms with Crippen LogP contribution in [0.1, 0.15) is 37.3 Å². The second-order valence-electron chi connectivity index (χ2n) is 7.12. The van der Waals surface area contributed by atoms with Crippen LogP contribution in [0.4, 0.5) is 8.78 Å². The van der Waals surface area contributed by atoms with Crippen molar-refractivity contribution in [3.63, 3.8) is 0 Å². The van der Waals surface area contributed by atoms with Crippen LogP contribution < -0.4 is 0 Å². The zero-order valence-corrected chi connectivity index (χ0v) is 14.0. The van der Waals surface area contributed by atoms with Crippen LogP contribution in [0.25, 0.3) is 0 Å². The van der Waals surface area contributed by atoms with Crippen molar-refractivity contribution >= 4 is 0 Å². The highest BCUT2D eigenvalue weighted by Gasteiger charge is 2.53. The molecular formula is C18H24F2O4. The van der Waals surface area contributed by atoms with Crippen molar-refractivity contribution in [2.75, 3.05) is 13.2 Å². The molecule has 3 atom stereocenters. The van der Waals surface area contributed by atoms with Gasteiger partial charge < -0.3 is 19.7 Å². The summed E-state index contributed by atoms with van der Waals surface area (Å²) in [7, 11) is 0. The van der Waals surface area contributed by atoms with Gasteiger partial charge in [0.1, 0.15) is 11.6 Å². The summed E-state index contributed by atoms with van der Waals surface area (Å²) in [6, 6.07) is 2.33. The molecule has 1 saturated heterocycles. The number of halogens is 2. The number of rotatable bonds is 3. The Morgan fingerprint density at radius 3 is 2.50 bits per heavy atom. The fraction of sp³-hybridized carbons (Fsp3) is 0.667. The van der Waals surface area contributed by atoms with E-state index >= 15 is 0 Å². The molecule has 134 valence electrons. The van der Waals surface area contributed by atoms with E-state index in [1.165, 1.54) is 13.0 Å². The molecule has 0 bridgehead atoms. The quantitative estimate of drug-likeness (QED) is 0.886. The Hall–Kier alpha value is -1.08. The first-order chi connectivity index (χ1) is 11.3. The summed E-state index contributed by atoms with van der Waals surface area (Å²) in [5.41, 5.74) is -0.924. The second kappa shape index (κ2) is 6.33. The van der Waals surface area contributed by atoms with Crippen LogP contribution in [0.5, 0.6) is 0 Å². The van der Waals surface area contributed by atoms with Gasteiger partial charge in [0, 0.05) is 12.8 Å². The highest BCUT2D eigenvalue weighted by atomic mass is 19.1. The van der Waals surface area contributed by atoms with Gasteiger partial charge in [-0.25, -0.2) is 8.78 Å². The average Bonchev–Trinajstić information content (AvgIpc) is 2.97. The summed E-state index contributed by atoms with van der Waals surface area (Å²) >= 11 is 0. The molecule has 2 aliphatic rings. The van der Waals surface area contributed by atoms with Crippen molar-refractivity contribution in [3.8, 4) is 0 Å². The normalized spacial score (nSPS) is 30.7. The molecule has 6 heteroatoms. The van der Waals surface area contributed by atoms with Gasteiger partial charge in [-0.15, -0.1) is 0 Å². The molecule has 24 heavy (non-hydrogen) atoms. The Balaban J connectivity index is 1.74. The zero-order chi connectivity index (χ0) is 17.5. The van der Waals surface area contributed by atoms with Crippen LogP contribution in [-0.4, -0.2) is 40.9 Å². The zero-order valence-electron chi connectivity index (χ0n) is 14.0. The summed E-state index contributed by atoms with van der Waals surface area (Å²) in [6.45, 7) is 4.21. The lowest BCUT2D eigenvalue weighted by Crippen LogP contribution is -2.57. The van der Waals surface area contributed by atoms with E-state index in [4.69, 9.17) is 9.47 Å². The second-order valence-corrected chi connectivity index (χ2v) is 7.12. The minimum Gasteiger partial charge on any atom is -0.390 e. The number of aryl methyl sites for hydroxylation is 1. The summed E-state index contributed by atoms with van der Waals surface area (Å²) < 4.78 is 39.0. The van der Waals surface area contributed by atoms with Crippen molar-refractivity contribution in [2.45, 2.75) is 57.0 Å². The molecule has 4 nitrogen and oxygen atoms in total. The fourth-order valence-electron chi connectivity index (χ4n) is 3.82. The van der Waals surface area contributed by atoms with Gasteiger partial charge in [-0.1, -0.05) is 6.92 Å². The van der Waals surface area contributed by atoms with Crippen LogP contribution in [0.3, 0.4) is 0 Å². The van der Waals surface area contributed by atoms with E-state index in [1.807, 2.05) is 0 Å². The minimum absolute atomic E-state index is 0.144. The predicted molar refractivity (Wildman–Crippen MR) is 83.4 cm³/mol. The molecule has 3 rings (SSSR count). The number of benzene rings is 1. The van der Waals surface area contributed by atoms with Gasteiger partial charge in [0.15, 0.2) is 5.79 Å². The Morgan fingerprint density at radius 1 is 1.21 bits per heavy atom. The van der Waals surface area contributed by atoms with E-state index in [9.17, 15) is 19.0 Å². The number of hydrogen-bond donors (Lipinski definition) is 2. The third kappa shape index (κ3) is 3.08. The van der Waals surface area contributed by atoms with E-state index in [0.29, 0.717) is 19.6 Å². The molecule has 1 aromatic carbocycles. The lowest BCUT2D eigenvalue weighted by atomic mass is 9.70. The Morgan fingerprint density at radius 2 is 1.88 bits per heavy atom. The van der Waals surface area contributed by atoms with E-state index in [-0.39, 0.29) is 30.4 Å². The van der Waals surface area contributed by atoms with Crippen molar-refractivity contribution in [2.24, 2.45) is 5.92 Å². The summed E-state index contributed by atoms with van der Waals surface area (Å²) in [5.74, 6) is -2.22. The number of aliphatic hydroxyl groups is 2. The van der Waals surface area contributed by atoms with Gasteiger partial charge in [0.05, 0.1) is 24.9 Å². The van der Waals surface area contributed by atoms with Gasteiger partial charge in [-0.3, -0.25) is 0 Å². The molecule has 1 aliphatic carbocycles. The third-order valence-corrected chi connectivity index (χ3v) is 5.51. The number of ether oxygens (including phenoxy) is 2. The van der Waals surface area contributed by atoms with Gasteiger partial charge in [0.2, 0.25) is 0 Å². The van der Waals surface area contributed by atoms with E-state index in [0.717, 1.165) is 6.07 Å². The Kier molecular flexibility index (Phi) is 4.68. The van der Waals surface area contributed by atoms with Crippen molar-refractivity contribution in [1.82, 2.24) is 0 Å². The Bertz CT molecular complexity index is 615. The third-order valence-electron chi connectivity index (χ3n) is 5.51. The maximum atomic E-state index is 14.1. The molecule has 1 aliphatic heterocycles. The SMILES string of the molecule is Cc1cc(F)c(CC(C)[C@]2(O)CCC3(C[C@H]2O)OCCO3)cc1F. The minimum atomic E-state index is -1.38. The summed E-state index contributed by atoms with van der Waals surface area (Å²) in [4.78, 5) is 0. The van der Waals surface area contributed by atoms with Crippen molar-refractivity contribution in [3.05, 3.63) is 34.9 Å². The highest BCUT2D eigenvalue weighted by molar-refractivity contribution is 5.26. The van der Waals surface area contributed by atoms with Crippen molar-refractivity contribution in [1.29, 1.82) is 0 Å². The van der Waals surface area contributed by atoms with Crippen LogP contribution in [0.2, 0.25) is 0 Å². The number of aliphatic hydroxyl groups excluding tert-OH is 1. The maximum Gasteiger partial charge on any atom is 0.171 e. The molecule has 0 aromatic heterocycles. The lowest BCUT2D eigenvalue weighted by molar-refractivity contribution is -0.246. The van der Waals surface area contributed by atoms with Crippen LogP contribution in [0.15, 0.2) is 12.1 Å². The van der Waals surface area contributed by atoms with Gasteiger partial charge in [0.25, 0.3) is 0 Å². The smallest absolute Gasteiger partial charge is 0.171 e. The monoisotopic (exact) mass is 342 g/mol. The highest BCUT2D eigenvalue weighted by Crippen LogP contribution is 2.44. The molecule has 1 aromatic rings. The van der Waals surface area contributed by atoms with Crippen LogP contribution >= 0.6 is 0 Å². The topological polar surface area (TPSA) is 58.9 Å². The molecule has 0 amide bonds. The van der Waals surface area contributed by atoms with Crippen LogP contribution in [0, 0.1) is 24.5 Å². The Labute approximate surface area is 140 Å². The summed E-state index contributed by atoms with van der Waals surface area (Å²) in [5, 5.41) is 21.4. The van der Waals surface area contributed by atoms with Crippen LogP contribution in [-0.2, 0) is 15.9 Å². The van der Waals surface area contributed by atoms with Crippen molar-refractivity contribution < 1.29 is 28.5 Å². The first-order valence-corrected chi connectivity index (χ1v) is 8.39. The van der Waals surface area contributed by atoms with E-state index in [2.05, 4.69) is 0 Å². The lowest BCUT2D eigenvalue weighted by Gasteiger charge is -2.47. The number of hydrogen-bond acceptors (Lipinski definition) is 4. The predicted octanol–water partition coefficient (Wildman–Crippen LogP) is 2.47. The fourth-order valence-corrected chi connectivity index (χ4v) is 3.82. The molecular weight excluding hydrogens is 318 g/mol. The largest absolute Gasteiger partial charge is 0.390 e. The molecule has 1 saturated carbocycles. The molecule has 1 unspecified atom stereocenters. The summed E-state index contributed by atoms with van der Waals surface area (Å²) in [6.07, 6.45) is 0.0304. The molecule has 1 heterocycles. The molecule has 0 radical (unpaired) electrons. The average molecular weight is 342 g/mol. The standard InChI is InChI=1S/C18H24F2O4/c1-11-7-15(20)13(9-14(11)19)8-12(2)18(22)4-3-17(10-16(18)21)23-5-6-24-17/h7,9,12,16,21-22H,3-6,8,10H2,1-2H3/t12?,16-,18-/m1/s1. The van der Waals surface area contributed by atoms with E-state index < -0.39 is 35.0 Å². The van der Waals surface area contributed by atoms with Gasteiger partial charge in [-0.05, 0) is 48.9 Å². The molecule has 2 N–H and O–H groups in total. The van der Waals surface area contributed by atoms with Gasteiger partial charge in [-0.2, -0.15) is 0 Å².